The number of fused-ring (bicyclic) bond motifs is 2. The number of hydrogen-bond acceptors (Lipinski definition) is 3. The molecule has 0 aromatic heterocycles. The molecule has 3 atom stereocenters. The lowest BCUT2D eigenvalue weighted by Gasteiger charge is -2.36. The van der Waals surface area contributed by atoms with E-state index in [2.05, 4.69) is 28.4 Å². The molecule has 0 spiro atoms. The summed E-state index contributed by atoms with van der Waals surface area (Å²) < 4.78 is 0. The molecule has 2 heterocycles. The van der Waals surface area contributed by atoms with Crippen LogP contribution in [0.2, 0.25) is 0 Å². The van der Waals surface area contributed by atoms with E-state index >= 15 is 0 Å². The fraction of sp³-hybridized carbons (Fsp3) is 0.690. The van der Waals surface area contributed by atoms with Crippen molar-refractivity contribution in [2.75, 3.05) is 19.6 Å². The number of benzene rings is 1. The second-order valence-corrected chi connectivity index (χ2v) is 11.2. The van der Waals surface area contributed by atoms with Gasteiger partial charge in [0, 0.05) is 44.1 Å². The van der Waals surface area contributed by atoms with Gasteiger partial charge in [-0.25, -0.2) is 0 Å². The van der Waals surface area contributed by atoms with Gasteiger partial charge in [-0.15, -0.1) is 0 Å². The summed E-state index contributed by atoms with van der Waals surface area (Å²) in [6.07, 6.45) is 11.6. The molecule has 1 aromatic carbocycles. The summed E-state index contributed by atoms with van der Waals surface area (Å²) >= 11 is 0. The summed E-state index contributed by atoms with van der Waals surface area (Å²) in [7, 11) is 0. The van der Waals surface area contributed by atoms with E-state index in [-0.39, 0.29) is 41.5 Å². The maximum Gasteiger partial charge on any atom is 0.226 e. The van der Waals surface area contributed by atoms with Crippen molar-refractivity contribution in [1.29, 1.82) is 0 Å². The lowest BCUT2D eigenvalue weighted by molar-refractivity contribution is -0.142. The number of rotatable bonds is 2. The van der Waals surface area contributed by atoms with Crippen molar-refractivity contribution in [1.82, 2.24) is 15.1 Å². The van der Waals surface area contributed by atoms with Gasteiger partial charge in [0.05, 0.1) is 5.92 Å². The molecule has 0 bridgehead atoms. The molecule has 3 unspecified atom stereocenters. The van der Waals surface area contributed by atoms with Gasteiger partial charge in [0.15, 0.2) is 0 Å². The van der Waals surface area contributed by atoms with Gasteiger partial charge in [0.2, 0.25) is 17.7 Å². The van der Waals surface area contributed by atoms with Crippen LogP contribution in [-0.4, -0.2) is 53.2 Å². The van der Waals surface area contributed by atoms with Gasteiger partial charge in [-0.05, 0) is 56.1 Å². The lowest BCUT2D eigenvalue weighted by atomic mass is 9.87. The number of carbonyl (C=O) groups is 3. The first-order valence-corrected chi connectivity index (χ1v) is 14.1. The molecular weight excluding hydrogens is 438 g/mol. The molecular formula is C29H41N3O3. The SMILES string of the molecule is O=C1NCCCCCCN(C(=O)C2CCCCC2)C2CC(C(=O)N3CCc4ccccc4C3)CC12. The standard InChI is InChI=1S/C29H41N3O3/c33-27-25-18-24(28(34)31-17-14-21-10-6-7-13-23(21)20-31)19-26(25)32(16-9-2-1-8-15-30-27)29(35)22-11-4-3-5-12-22/h6-7,10,13,22,24-26H,1-5,8-9,11-12,14-20H2,(H,30,33). The third-order valence-electron chi connectivity index (χ3n) is 8.92. The van der Waals surface area contributed by atoms with E-state index in [0.717, 1.165) is 70.9 Å². The summed E-state index contributed by atoms with van der Waals surface area (Å²) in [6.45, 7) is 2.80. The van der Waals surface area contributed by atoms with Crippen LogP contribution in [0.3, 0.4) is 0 Å². The van der Waals surface area contributed by atoms with E-state index in [1.54, 1.807) is 0 Å². The highest BCUT2D eigenvalue weighted by molar-refractivity contribution is 5.86. The highest BCUT2D eigenvalue weighted by Crippen LogP contribution is 2.39. The predicted molar refractivity (Wildman–Crippen MR) is 135 cm³/mol. The Hall–Kier alpha value is -2.37. The zero-order valence-corrected chi connectivity index (χ0v) is 21.1. The fourth-order valence-corrected chi connectivity index (χ4v) is 6.91. The summed E-state index contributed by atoms with van der Waals surface area (Å²) in [5.41, 5.74) is 2.56. The Morgan fingerprint density at radius 1 is 0.800 bits per heavy atom. The van der Waals surface area contributed by atoms with Crippen molar-refractivity contribution in [3.8, 4) is 0 Å². The molecule has 2 aliphatic heterocycles. The van der Waals surface area contributed by atoms with Gasteiger partial charge in [-0.3, -0.25) is 14.4 Å². The van der Waals surface area contributed by atoms with Crippen molar-refractivity contribution < 1.29 is 14.4 Å². The normalized spacial score (nSPS) is 28.5. The van der Waals surface area contributed by atoms with Crippen LogP contribution in [0, 0.1) is 17.8 Å². The van der Waals surface area contributed by atoms with Crippen LogP contribution in [-0.2, 0) is 27.3 Å². The van der Waals surface area contributed by atoms with Crippen LogP contribution >= 0.6 is 0 Å². The molecule has 2 saturated carbocycles. The quantitative estimate of drug-likeness (QED) is 0.695. The fourth-order valence-electron chi connectivity index (χ4n) is 6.91. The Labute approximate surface area is 209 Å². The molecule has 0 radical (unpaired) electrons. The lowest BCUT2D eigenvalue weighted by Crippen LogP contribution is -2.49. The highest BCUT2D eigenvalue weighted by Gasteiger charge is 2.47. The van der Waals surface area contributed by atoms with Crippen LogP contribution in [0.1, 0.15) is 81.8 Å². The molecule has 6 heteroatoms. The highest BCUT2D eigenvalue weighted by atomic mass is 16.2. The molecule has 1 aromatic rings. The molecule has 3 fully saturated rings. The van der Waals surface area contributed by atoms with Gasteiger partial charge in [-0.1, -0.05) is 56.4 Å². The van der Waals surface area contributed by atoms with Gasteiger partial charge in [-0.2, -0.15) is 0 Å². The molecule has 1 saturated heterocycles. The van der Waals surface area contributed by atoms with Crippen LogP contribution in [0.5, 0.6) is 0 Å². The van der Waals surface area contributed by atoms with Gasteiger partial charge < -0.3 is 15.1 Å². The summed E-state index contributed by atoms with van der Waals surface area (Å²) in [6, 6.07) is 8.22. The molecule has 5 rings (SSSR count). The molecule has 35 heavy (non-hydrogen) atoms. The zero-order chi connectivity index (χ0) is 24.2. The van der Waals surface area contributed by atoms with E-state index in [0.29, 0.717) is 25.9 Å². The number of carbonyl (C=O) groups excluding carboxylic acids is 3. The van der Waals surface area contributed by atoms with Gasteiger partial charge in [0.1, 0.15) is 0 Å². The number of hydrogen-bond donors (Lipinski definition) is 1. The second kappa shape index (κ2) is 11.1. The summed E-state index contributed by atoms with van der Waals surface area (Å²) in [5, 5.41) is 3.14. The van der Waals surface area contributed by atoms with Crippen LogP contribution in [0.15, 0.2) is 24.3 Å². The Bertz CT molecular complexity index is 926. The first-order chi connectivity index (χ1) is 17.1. The van der Waals surface area contributed by atoms with Crippen molar-refractivity contribution in [2.45, 2.75) is 89.6 Å². The minimum absolute atomic E-state index is 0.0395. The molecule has 3 amide bonds. The Balaban J connectivity index is 1.35. The van der Waals surface area contributed by atoms with E-state index in [9.17, 15) is 14.4 Å². The maximum atomic E-state index is 13.8. The van der Waals surface area contributed by atoms with Crippen LogP contribution in [0.4, 0.5) is 0 Å². The third kappa shape index (κ3) is 5.41. The first-order valence-electron chi connectivity index (χ1n) is 14.1. The van der Waals surface area contributed by atoms with Crippen molar-refractivity contribution >= 4 is 17.7 Å². The van der Waals surface area contributed by atoms with Gasteiger partial charge >= 0.3 is 0 Å². The minimum atomic E-state index is -0.285. The maximum absolute atomic E-state index is 13.8. The topological polar surface area (TPSA) is 69.7 Å². The number of nitrogens with zero attached hydrogens (tertiary/aromatic N) is 2. The molecule has 4 aliphatic rings. The first kappa shape index (κ1) is 24.3. The number of amides is 3. The Morgan fingerprint density at radius 2 is 1.54 bits per heavy atom. The third-order valence-corrected chi connectivity index (χ3v) is 8.92. The second-order valence-electron chi connectivity index (χ2n) is 11.2. The van der Waals surface area contributed by atoms with E-state index < -0.39 is 0 Å². The van der Waals surface area contributed by atoms with E-state index in [4.69, 9.17) is 0 Å². The van der Waals surface area contributed by atoms with Gasteiger partial charge in [0.25, 0.3) is 0 Å². The monoisotopic (exact) mass is 479 g/mol. The largest absolute Gasteiger partial charge is 0.356 e. The summed E-state index contributed by atoms with van der Waals surface area (Å²) in [5.74, 6) is 0.0598. The smallest absolute Gasteiger partial charge is 0.226 e. The Kier molecular flexibility index (Phi) is 7.74. The van der Waals surface area contributed by atoms with Crippen LogP contribution < -0.4 is 5.32 Å². The molecule has 190 valence electrons. The minimum Gasteiger partial charge on any atom is -0.356 e. The van der Waals surface area contributed by atoms with Crippen LogP contribution in [0.25, 0.3) is 0 Å². The summed E-state index contributed by atoms with van der Waals surface area (Å²) in [4.78, 5) is 44.8. The van der Waals surface area contributed by atoms with E-state index in [1.807, 2.05) is 11.0 Å². The average Bonchev–Trinajstić information content (AvgIpc) is 3.33. The Morgan fingerprint density at radius 3 is 2.37 bits per heavy atom. The van der Waals surface area contributed by atoms with Crippen molar-refractivity contribution in [3.63, 3.8) is 0 Å². The van der Waals surface area contributed by atoms with Crippen molar-refractivity contribution in [3.05, 3.63) is 35.4 Å². The zero-order valence-electron chi connectivity index (χ0n) is 21.1. The average molecular weight is 480 g/mol. The molecule has 1 N–H and O–H groups in total. The van der Waals surface area contributed by atoms with E-state index in [1.165, 1.54) is 17.5 Å². The molecule has 6 nitrogen and oxygen atoms in total. The number of nitrogens with one attached hydrogen (secondary N) is 1. The predicted octanol–water partition coefficient (Wildman–Crippen LogP) is 4.07. The van der Waals surface area contributed by atoms with Crippen molar-refractivity contribution in [2.24, 2.45) is 17.8 Å². The molecule has 2 aliphatic carbocycles.